The van der Waals surface area contributed by atoms with Gasteiger partial charge in [-0.3, -0.25) is 19.2 Å². The molecule has 1 saturated heterocycles. The molecule has 9 heteroatoms. The number of carbonyl (C=O) groups excluding carboxylic acids is 4. The second-order valence-corrected chi connectivity index (χ2v) is 7.56. The fraction of sp³-hybridized carbons (Fsp3) is 0.476. The Bertz CT molecular complexity index is 859. The molecule has 30 heavy (non-hydrogen) atoms. The quantitative estimate of drug-likeness (QED) is 0.614. The van der Waals surface area contributed by atoms with Crippen LogP contribution >= 0.6 is 0 Å². The molecule has 3 amide bonds. The first kappa shape index (κ1) is 22.9. The van der Waals surface area contributed by atoms with Gasteiger partial charge in [-0.05, 0) is 43.5 Å². The number of hydrogen-bond acceptors (Lipinski definition) is 6. The minimum Gasteiger partial charge on any atom is -0.454 e. The third kappa shape index (κ3) is 5.80. The number of nitrogens with zero attached hydrogens (tertiary/aromatic N) is 2. The number of anilines is 1. The average molecular weight is 414 g/mol. The van der Waals surface area contributed by atoms with Crippen molar-refractivity contribution in [2.24, 2.45) is 5.92 Å². The Hall–Kier alpha value is -3.41. The molecule has 160 valence electrons. The van der Waals surface area contributed by atoms with E-state index in [1.165, 1.54) is 0 Å². The van der Waals surface area contributed by atoms with E-state index in [0.717, 1.165) is 12.1 Å². The highest BCUT2D eigenvalue weighted by molar-refractivity contribution is 5.98. The molecule has 2 N–H and O–H groups in total. The molecule has 9 nitrogen and oxygen atoms in total. The van der Waals surface area contributed by atoms with E-state index in [2.05, 4.69) is 10.6 Å². The summed E-state index contributed by atoms with van der Waals surface area (Å²) in [7, 11) is 0. The largest absolute Gasteiger partial charge is 0.454 e. The van der Waals surface area contributed by atoms with Crippen molar-refractivity contribution in [3.8, 4) is 6.07 Å². The topological polar surface area (TPSA) is 129 Å². The van der Waals surface area contributed by atoms with Gasteiger partial charge in [-0.2, -0.15) is 5.26 Å². The summed E-state index contributed by atoms with van der Waals surface area (Å²) in [5.41, 5.74) is -0.00768. The molecule has 1 aliphatic heterocycles. The minimum atomic E-state index is -1.07. The van der Waals surface area contributed by atoms with Crippen LogP contribution in [0, 0.1) is 17.2 Å². The Kier molecular flexibility index (Phi) is 7.53. The molecule has 1 aliphatic rings. The average Bonchev–Trinajstić information content (AvgIpc) is 3.16. The molecular weight excluding hydrogens is 388 g/mol. The summed E-state index contributed by atoms with van der Waals surface area (Å²) in [4.78, 5) is 49.3. The molecule has 0 aromatic heterocycles. The standard InChI is InChI=1S/C21H26N4O5/c1-14(2)21(3,13-22)24-17(26)12-30-19(28)11-23-20(29)15-6-8-16(9-7-15)25-10-4-5-18(25)27/h6-9,14H,4-5,10-12H2,1-3H3,(H,23,29)(H,24,26)/t21-/m1/s1. The van der Waals surface area contributed by atoms with Crippen molar-refractivity contribution in [1.29, 1.82) is 5.26 Å². The second-order valence-electron chi connectivity index (χ2n) is 7.56. The van der Waals surface area contributed by atoms with Gasteiger partial charge in [0.15, 0.2) is 6.61 Å². The lowest BCUT2D eigenvalue weighted by molar-refractivity contribution is -0.147. The van der Waals surface area contributed by atoms with Crippen molar-refractivity contribution in [3.05, 3.63) is 29.8 Å². The Morgan fingerprint density at radius 1 is 1.27 bits per heavy atom. The number of nitriles is 1. The van der Waals surface area contributed by atoms with Crippen molar-refractivity contribution in [2.45, 2.75) is 39.2 Å². The van der Waals surface area contributed by atoms with Crippen LogP contribution in [0.3, 0.4) is 0 Å². The molecule has 1 aromatic rings. The molecule has 1 atom stereocenters. The summed E-state index contributed by atoms with van der Waals surface area (Å²) in [6.45, 7) is 4.88. The smallest absolute Gasteiger partial charge is 0.325 e. The summed E-state index contributed by atoms with van der Waals surface area (Å²) >= 11 is 0. The van der Waals surface area contributed by atoms with Crippen molar-refractivity contribution < 1.29 is 23.9 Å². The molecule has 0 aliphatic carbocycles. The molecule has 0 radical (unpaired) electrons. The van der Waals surface area contributed by atoms with Gasteiger partial charge in [0.25, 0.3) is 11.8 Å². The maximum absolute atomic E-state index is 12.2. The first-order valence-corrected chi connectivity index (χ1v) is 9.73. The van der Waals surface area contributed by atoms with Crippen LogP contribution in [0.15, 0.2) is 24.3 Å². The monoisotopic (exact) mass is 414 g/mol. The third-order valence-electron chi connectivity index (χ3n) is 5.06. The molecule has 0 saturated carbocycles. The van der Waals surface area contributed by atoms with Gasteiger partial charge in [-0.25, -0.2) is 0 Å². The van der Waals surface area contributed by atoms with Crippen LogP contribution in [0.2, 0.25) is 0 Å². The highest BCUT2D eigenvalue weighted by atomic mass is 16.5. The maximum Gasteiger partial charge on any atom is 0.325 e. The van der Waals surface area contributed by atoms with Crippen LogP contribution < -0.4 is 15.5 Å². The van der Waals surface area contributed by atoms with Crippen molar-refractivity contribution >= 4 is 29.4 Å². The highest BCUT2D eigenvalue weighted by Gasteiger charge is 2.30. The molecule has 0 unspecified atom stereocenters. The number of esters is 1. The highest BCUT2D eigenvalue weighted by Crippen LogP contribution is 2.21. The van der Waals surface area contributed by atoms with Gasteiger partial charge in [0, 0.05) is 24.2 Å². The molecule has 1 heterocycles. The number of ether oxygens (including phenoxy) is 1. The van der Waals surface area contributed by atoms with E-state index in [0.29, 0.717) is 18.5 Å². The molecule has 0 spiro atoms. The third-order valence-corrected chi connectivity index (χ3v) is 5.06. The van der Waals surface area contributed by atoms with Gasteiger partial charge in [0.2, 0.25) is 5.91 Å². The Balaban J connectivity index is 1.78. The molecule has 1 fully saturated rings. The zero-order chi connectivity index (χ0) is 22.3. The van der Waals surface area contributed by atoms with Gasteiger partial charge >= 0.3 is 5.97 Å². The molecular formula is C21H26N4O5. The lowest BCUT2D eigenvalue weighted by atomic mass is 9.90. The van der Waals surface area contributed by atoms with E-state index in [4.69, 9.17) is 4.74 Å². The van der Waals surface area contributed by atoms with Crippen LogP contribution in [0.25, 0.3) is 0 Å². The lowest BCUT2D eigenvalue weighted by Crippen LogP contribution is -2.50. The van der Waals surface area contributed by atoms with E-state index in [1.807, 2.05) is 6.07 Å². The van der Waals surface area contributed by atoms with E-state index in [-0.39, 0.29) is 11.8 Å². The first-order valence-electron chi connectivity index (χ1n) is 9.73. The van der Waals surface area contributed by atoms with Crippen molar-refractivity contribution in [2.75, 3.05) is 24.6 Å². The number of nitrogens with one attached hydrogen (secondary N) is 2. The van der Waals surface area contributed by atoms with Gasteiger partial charge < -0.3 is 20.3 Å². The predicted molar refractivity (Wildman–Crippen MR) is 108 cm³/mol. The van der Waals surface area contributed by atoms with Gasteiger partial charge in [-0.15, -0.1) is 0 Å². The van der Waals surface area contributed by atoms with E-state index in [1.54, 1.807) is 49.9 Å². The summed E-state index contributed by atoms with van der Waals surface area (Å²) in [6.07, 6.45) is 1.34. The summed E-state index contributed by atoms with van der Waals surface area (Å²) in [6, 6.07) is 8.54. The molecule has 0 bridgehead atoms. The Labute approximate surface area is 175 Å². The van der Waals surface area contributed by atoms with E-state index < -0.39 is 36.5 Å². The lowest BCUT2D eigenvalue weighted by Gasteiger charge is -2.27. The van der Waals surface area contributed by atoms with Crippen LogP contribution in [0.1, 0.15) is 44.0 Å². The predicted octanol–water partition coefficient (Wildman–Crippen LogP) is 1.14. The number of rotatable bonds is 8. The zero-order valence-corrected chi connectivity index (χ0v) is 17.4. The van der Waals surface area contributed by atoms with Crippen molar-refractivity contribution in [3.63, 3.8) is 0 Å². The van der Waals surface area contributed by atoms with E-state index in [9.17, 15) is 24.4 Å². The van der Waals surface area contributed by atoms with E-state index >= 15 is 0 Å². The second kappa shape index (κ2) is 9.87. The Morgan fingerprint density at radius 2 is 1.93 bits per heavy atom. The van der Waals surface area contributed by atoms with Gasteiger partial charge in [0.05, 0.1) is 6.07 Å². The van der Waals surface area contributed by atoms with Crippen LogP contribution in [-0.4, -0.2) is 48.9 Å². The number of benzene rings is 1. The van der Waals surface area contributed by atoms with Gasteiger partial charge in [0.1, 0.15) is 12.1 Å². The maximum atomic E-state index is 12.2. The Morgan fingerprint density at radius 3 is 2.47 bits per heavy atom. The van der Waals surface area contributed by atoms with Crippen molar-refractivity contribution in [1.82, 2.24) is 10.6 Å². The fourth-order valence-electron chi connectivity index (χ4n) is 2.79. The zero-order valence-electron chi connectivity index (χ0n) is 17.4. The van der Waals surface area contributed by atoms with Crippen LogP contribution in [0.5, 0.6) is 0 Å². The first-order chi connectivity index (χ1) is 14.2. The molecule has 1 aromatic carbocycles. The molecule has 2 rings (SSSR count). The van der Waals surface area contributed by atoms with Gasteiger partial charge in [-0.1, -0.05) is 13.8 Å². The van der Waals surface area contributed by atoms with Crippen LogP contribution in [-0.2, 0) is 19.1 Å². The summed E-state index contributed by atoms with van der Waals surface area (Å²) < 4.78 is 4.84. The number of hydrogen-bond donors (Lipinski definition) is 2. The SMILES string of the molecule is CC(C)[C@@](C)(C#N)NC(=O)COC(=O)CNC(=O)c1ccc(N2CCCC2=O)cc1. The minimum absolute atomic E-state index is 0.0578. The normalized spacial score (nSPS) is 15.3. The number of carbonyl (C=O) groups is 4. The summed E-state index contributed by atoms with van der Waals surface area (Å²) in [5, 5.41) is 14.1. The summed E-state index contributed by atoms with van der Waals surface area (Å²) in [5.74, 6) is -1.92. The van der Waals surface area contributed by atoms with Crippen LogP contribution in [0.4, 0.5) is 5.69 Å². The number of amides is 3. The fourth-order valence-corrected chi connectivity index (χ4v) is 2.79.